The van der Waals surface area contributed by atoms with Crippen molar-refractivity contribution in [2.24, 2.45) is 0 Å². The average Bonchev–Trinajstić information content (AvgIpc) is 3.37. The minimum absolute atomic E-state index is 0.358. The molecule has 0 radical (unpaired) electrons. The predicted octanol–water partition coefficient (Wildman–Crippen LogP) is 17.1. The van der Waals surface area contributed by atoms with Crippen molar-refractivity contribution in [3.8, 4) is 55.6 Å². The molecule has 11 rings (SSSR count). The van der Waals surface area contributed by atoms with Gasteiger partial charge in [0.15, 0.2) is 0 Å². The van der Waals surface area contributed by atoms with Crippen LogP contribution in [0.15, 0.2) is 243 Å². The van der Waals surface area contributed by atoms with E-state index in [9.17, 15) is 0 Å². The molecule has 300 valence electrons. The highest BCUT2D eigenvalue weighted by Crippen LogP contribution is 2.46. The Kier molecular flexibility index (Phi) is 10.1. The normalized spacial score (nSPS) is 13.5. The minimum Gasteiger partial charge on any atom is -0.311 e. The zero-order valence-electron chi connectivity index (χ0n) is 35.4. The standard InChI is InChI=1S/C62H47N/c1-43(62-42-53-17-6-8-24-59(53)60-25-9-10-26-61(60)62)49-19-11-20-50(40-49)46-30-36-55(37-31-46)63(54-34-28-45(29-35-54)44-14-3-2-4-15-44)56-38-32-47(33-39-56)51-21-12-22-52(41-51)58-27-13-18-48-16-5-7-23-57(48)58/h2-41,43,62H,42H2,1H3/t43-,62-/m1/s1. The van der Waals surface area contributed by atoms with E-state index in [-0.39, 0.29) is 0 Å². The summed E-state index contributed by atoms with van der Waals surface area (Å²) in [7, 11) is 0. The maximum absolute atomic E-state index is 2.41. The summed E-state index contributed by atoms with van der Waals surface area (Å²) < 4.78 is 0. The van der Waals surface area contributed by atoms with Gasteiger partial charge in [-0.25, -0.2) is 0 Å². The van der Waals surface area contributed by atoms with Gasteiger partial charge in [-0.2, -0.15) is 0 Å². The van der Waals surface area contributed by atoms with Gasteiger partial charge in [-0.3, -0.25) is 0 Å². The van der Waals surface area contributed by atoms with Gasteiger partial charge >= 0.3 is 0 Å². The number of hydrogen-bond donors (Lipinski definition) is 0. The summed E-state index contributed by atoms with van der Waals surface area (Å²) >= 11 is 0. The molecule has 63 heavy (non-hydrogen) atoms. The van der Waals surface area contributed by atoms with Gasteiger partial charge in [0.1, 0.15) is 0 Å². The smallest absolute Gasteiger partial charge is 0.0462 e. The van der Waals surface area contributed by atoms with Gasteiger partial charge in [0.2, 0.25) is 0 Å². The molecule has 0 saturated heterocycles. The molecule has 1 nitrogen and oxygen atoms in total. The molecule has 0 aromatic heterocycles. The quantitative estimate of drug-likeness (QED) is 0.140. The minimum atomic E-state index is 0.358. The van der Waals surface area contributed by atoms with Crippen molar-refractivity contribution in [3.63, 3.8) is 0 Å². The Morgan fingerprint density at radius 1 is 0.365 bits per heavy atom. The monoisotopic (exact) mass is 805 g/mol. The Bertz CT molecular complexity index is 3190. The molecule has 1 heteroatoms. The molecule has 0 bridgehead atoms. The molecule has 2 atom stereocenters. The van der Waals surface area contributed by atoms with Crippen molar-refractivity contribution in [1.29, 1.82) is 0 Å². The molecule has 0 aliphatic heterocycles. The summed E-state index contributed by atoms with van der Waals surface area (Å²) in [6, 6.07) is 89.0. The van der Waals surface area contributed by atoms with Crippen molar-refractivity contribution in [3.05, 3.63) is 259 Å². The number of benzene rings is 10. The lowest BCUT2D eigenvalue weighted by Crippen LogP contribution is -2.17. The molecular formula is C62H47N. The highest BCUT2D eigenvalue weighted by Gasteiger charge is 2.29. The van der Waals surface area contributed by atoms with E-state index in [0.717, 1.165) is 23.5 Å². The SMILES string of the molecule is C[C@H](c1cccc(-c2ccc(N(c3ccc(-c4ccccc4)cc3)c3ccc(-c4cccc(-c5cccc6ccccc56)c4)cc3)cc2)c1)[C@H]1Cc2ccccc2-c2ccccc21. The van der Waals surface area contributed by atoms with Gasteiger partial charge in [0.25, 0.3) is 0 Å². The maximum atomic E-state index is 2.41. The topological polar surface area (TPSA) is 3.24 Å². The first-order chi connectivity index (χ1) is 31.1. The third kappa shape index (κ3) is 7.43. The highest BCUT2D eigenvalue weighted by atomic mass is 15.1. The van der Waals surface area contributed by atoms with Gasteiger partial charge in [0.05, 0.1) is 0 Å². The number of fused-ring (bicyclic) bond motifs is 4. The van der Waals surface area contributed by atoms with Gasteiger partial charge in [0, 0.05) is 17.1 Å². The molecule has 0 spiro atoms. The van der Waals surface area contributed by atoms with Crippen LogP contribution in [0, 0.1) is 0 Å². The second kappa shape index (κ2) is 16.6. The molecule has 10 aromatic rings. The molecular weight excluding hydrogens is 759 g/mol. The second-order valence-electron chi connectivity index (χ2n) is 16.9. The zero-order chi connectivity index (χ0) is 42.1. The van der Waals surface area contributed by atoms with E-state index in [2.05, 4.69) is 254 Å². The molecule has 0 unspecified atom stereocenters. The lowest BCUT2D eigenvalue weighted by Gasteiger charge is -2.32. The van der Waals surface area contributed by atoms with Crippen LogP contribution in [0.3, 0.4) is 0 Å². The fourth-order valence-electron chi connectivity index (χ4n) is 9.88. The third-order valence-electron chi connectivity index (χ3n) is 13.2. The van der Waals surface area contributed by atoms with Crippen molar-refractivity contribution >= 4 is 27.8 Å². The van der Waals surface area contributed by atoms with E-state index in [1.807, 2.05) is 0 Å². The van der Waals surface area contributed by atoms with Crippen molar-refractivity contribution in [1.82, 2.24) is 0 Å². The van der Waals surface area contributed by atoms with Crippen LogP contribution in [0.25, 0.3) is 66.4 Å². The van der Waals surface area contributed by atoms with Crippen LogP contribution in [0.5, 0.6) is 0 Å². The van der Waals surface area contributed by atoms with Crippen LogP contribution in [-0.4, -0.2) is 0 Å². The zero-order valence-corrected chi connectivity index (χ0v) is 35.4. The first kappa shape index (κ1) is 38.2. The van der Waals surface area contributed by atoms with E-state index in [0.29, 0.717) is 11.8 Å². The van der Waals surface area contributed by atoms with Gasteiger partial charge in [-0.1, -0.05) is 207 Å². The lowest BCUT2D eigenvalue weighted by atomic mass is 9.71. The molecule has 0 amide bonds. The predicted molar refractivity (Wildman–Crippen MR) is 267 cm³/mol. The first-order valence-electron chi connectivity index (χ1n) is 22.2. The fourth-order valence-corrected chi connectivity index (χ4v) is 9.88. The Morgan fingerprint density at radius 3 is 1.56 bits per heavy atom. The Morgan fingerprint density at radius 2 is 0.841 bits per heavy atom. The summed E-state index contributed by atoms with van der Waals surface area (Å²) in [5, 5.41) is 2.53. The largest absolute Gasteiger partial charge is 0.311 e. The van der Waals surface area contributed by atoms with Crippen LogP contribution in [0.2, 0.25) is 0 Å². The number of nitrogens with zero attached hydrogens (tertiary/aromatic N) is 1. The fraction of sp³-hybridized carbons (Fsp3) is 0.0645. The van der Waals surface area contributed by atoms with E-state index >= 15 is 0 Å². The molecule has 0 saturated carbocycles. The Labute approximate surface area is 371 Å². The van der Waals surface area contributed by atoms with Crippen LogP contribution in [0.4, 0.5) is 17.1 Å². The van der Waals surface area contributed by atoms with Crippen LogP contribution in [-0.2, 0) is 6.42 Å². The van der Waals surface area contributed by atoms with Gasteiger partial charge in [-0.15, -0.1) is 0 Å². The van der Waals surface area contributed by atoms with E-state index in [1.54, 1.807) is 0 Å². The van der Waals surface area contributed by atoms with Crippen molar-refractivity contribution in [2.75, 3.05) is 4.90 Å². The number of anilines is 3. The van der Waals surface area contributed by atoms with Gasteiger partial charge < -0.3 is 4.90 Å². The maximum Gasteiger partial charge on any atom is 0.0462 e. The lowest BCUT2D eigenvalue weighted by molar-refractivity contribution is 0.568. The summed E-state index contributed by atoms with van der Waals surface area (Å²) in [6.07, 6.45) is 1.05. The summed E-state index contributed by atoms with van der Waals surface area (Å²) in [5.74, 6) is 0.770. The average molecular weight is 806 g/mol. The summed E-state index contributed by atoms with van der Waals surface area (Å²) in [6.45, 7) is 2.41. The van der Waals surface area contributed by atoms with Crippen molar-refractivity contribution < 1.29 is 0 Å². The number of hydrogen-bond acceptors (Lipinski definition) is 1. The molecule has 1 aliphatic rings. The number of rotatable bonds is 9. The van der Waals surface area contributed by atoms with E-state index in [4.69, 9.17) is 0 Å². The second-order valence-corrected chi connectivity index (χ2v) is 16.9. The summed E-state index contributed by atoms with van der Waals surface area (Å²) in [5.41, 5.74) is 20.1. The first-order valence-corrected chi connectivity index (χ1v) is 22.2. The highest BCUT2D eigenvalue weighted by molar-refractivity contribution is 5.97. The third-order valence-corrected chi connectivity index (χ3v) is 13.2. The molecule has 10 aromatic carbocycles. The van der Waals surface area contributed by atoms with Crippen molar-refractivity contribution in [2.45, 2.75) is 25.2 Å². The van der Waals surface area contributed by atoms with Crippen LogP contribution >= 0.6 is 0 Å². The van der Waals surface area contributed by atoms with E-state index < -0.39 is 0 Å². The molecule has 1 aliphatic carbocycles. The molecule has 0 N–H and O–H groups in total. The van der Waals surface area contributed by atoms with E-state index in [1.165, 1.54) is 83.1 Å². The van der Waals surface area contributed by atoms with Crippen LogP contribution in [0.1, 0.15) is 35.4 Å². The Hall–Kier alpha value is -7.74. The Balaban J connectivity index is 0.908. The summed E-state index contributed by atoms with van der Waals surface area (Å²) in [4.78, 5) is 2.37. The molecule has 0 fully saturated rings. The molecule has 0 heterocycles. The van der Waals surface area contributed by atoms with Gasteiger partial charge in [-0.05, 0) is 144 Å². The van der Waals surface area contributed by atoms with Crippen LogP contribution < -0.4 is 4.90 Å².